The van der Waals surface area contributed by atoms with Crippen LogP contribution < -0.4 is 4.72 Å². The van der Waals surface area contributed by atoms with Crippen molar-refractivity contribution in [3.05, 3.63) is 81.3 Å². The van der Waals surface area contributed by atoms with Crippen molar-refractivity contribution in [3.63, 3.8) is 0 Å². The zero-order valence-electron chi connectivity index (χ0n) is 16.6. The number of hydrogen-bond donors (Lipinski definition) is 1. The maximum Gasteiger partial charge on any atom is 0.261 e. The van der Waals surface area contributed by atoms with Gasteiger partial charge < -0.3 is 4.90 Å². The molecule has 1 aliphatic heterocycles. The SMILES string of the molecule is Cc1cc(S(=O)(=O)Nc2ccc(C(=O)N3CCc4sccc4C3C)cc2)ccc1F. The van der Waals surface area contributed by atoms with Gasteiger partial charge in [-0.3, -0.25) is 9.52 Å². The molecule has 1 unspecified atom stereocenters. The molecule has 0 fully saturated rings. The van der Waals surface area contributed by atoms with Crippen molar-refractivity contribution in [1.29, 1.82) is 0 Å². The summed E-state index contributed by atoms with van der Waals surface area (Å²) in [6.45, 7) is 4.19. The molecule has 1 aromatic heterocycles. The average molecular weight is 445 g/mol. The first kappa shape index (κ1) is 20.6. The van der Waals surface area contributed by atoms with Crippen LogP contribution in [0.4, 0.5) is 10.1 Å². The van der Waals surface area contributed by atoms with Gasteiger partial charge in [0.2, 0.25) is 0 Å². The van der Waals surface area contributed by atoms with Gasteiger partial charge in [0, 0.05) is 22.7 Å². The molecular weight excluding hydrogens is 423 g/mol. The van der Waals surface area contributed by atoms with Gasteiger partial charge in [0.05, 0.1) is 10.9 Å². The van der Waals surface area contributed by atoms with Crippen molar-refractivity contribution < 1.29 is 17.6 Å². The predicted molar refractivity (Wildman–Crippen MR) is 116 cm³/mol. The molecular formula is C22H21FN2O3S2. The second kappa shape index (κ2) is 7.85. The largest absolute Gasteiger partial charge is 0.331 e. The van der Waals surface area contributed by atoms with Gasteiger partial charge in [-0.2, -0.15) is 0 Å². The number of sulfonamides is 1. The number of anilines is 1. The van der Waals surface area contributed by atoms with Gasteiger partial charge in [-0.1, -0.05) is 0 Å². The van der Waals surface area contributed by atoms with Crippen molar-refractivity contribution in [3.8, 4) is 0 Å². The van der Waals surface area contributed by atoms with E-state index in [0.717, 1.165) is 12.5 Å². The lowest BCUT2D eigenvalue weighted by Crippen LogP contribution is -2.38. The fraction of sp³-hybridized carbons (Fsp3) is 0.227. The summed E-state index contributed by atoms with van der Waals surface area (Å²) in [5, 5.41) is 2.05. The first-order valence-corrected chi connectivity index (χ1v) is 11.9. The summed E-state index contributed by atoms with van der Waals surface area (Å²) >= 11 is 1.72. The number of hydrogen-bond acceptors (Lipinski definition) is 4. The van der Waals surface area contributed by atoms with E-state index in [1.165, 1.54) is 29.5 Å². The van der Waals surface area contributed by atoms with Gasteiger partial charge in [0.15, 0.2) is 0 Å². The summed E-state index contributed by atoms with van der Waals surface area (Å²) in [5.41, 5.74) is 2.28. The van der Waals surface area contributed by atoms with Crippen molar-refractivity contribution in [2.24, 2.45) is 0 Å². The fourth-order valence-corrected chi connectivity index (χ4v) is 5.74. The molecule has 2 aromatic carbocycles. The third-order valence-electron chi connectivity index (χ3n) is 5.36. The second-order valence-corrected chi connectivity index (χ2v) is 10.0. The number of carbonyl (C=O) groups excluding carboxylic acids is 1. The van der Waals surface area contributed by atoms with Crippen LogP contribution in [0.25, 0.3) is 0 Å². The lowest BCUT2D eigenvalue weighted by molar-refractivity contribution is 0.0679. The maximum atomic E-state index is 13.4. The zero-order valence-corrected chi connectivity index (χ0v) is 18.2. The molecule has 0 saturated heterocycles. The molecule has 1 N–H and O–H groups in total. The standard InChI is InChI=1S/C22H21FN2O3S2/c1-14-13-18(7-8-20(14)23)30(27,28)24-17-5-3-16(4-6-17)22(26)25-11-9-21-19(15(25)2)10-12-29-21/h3-8,10,12-13,15,24H,9,11H2,1-2H3. The molecule has 0 aliphatic carbocycles. The Balaban J connectivity index is 1.50. The lowest BCUT2D eigenvalue weighted by atomic mass is 10.0. The fourth-order valence-electron chi connectivity index (χ4n) is 3.63. The van der Waals surface area contributed by atoms with E-state index in [9.17, 15) is 17.6 Å². The topological polar surface area (TPSA) is 66.5 Å². The Morgan fingerprint density at radius 2 is 1.90 bits per heavy atom. The molecule has 1 aliphatic rings. The maximum absolute atomic E-state index is 13.4. The van der Waals surface area contributed by atoms with Crippen LogP contribution in [0.15, 0.2) is 58.8 Å². The number of amides is 1. The Labute approximate surface area is 179 Å². The number of benzene rings is 2. The summed E-state index contributed by atoms with van der Waals surface area (Å²) in [6, 6.07) is 12.1. The smallest absolute Gasteiger partial charge is 0.261 e. The Morgan fingerprint density at radius 1 is 1.17 bits per heavy atom. The Morgan fingerprint density at radius 3 is 2.60 bits per heavy atom. The molecule has 1 amide bonds. The Bertz CT molecular complexity index is 1200. The number of halogens is 1. The molecule has 0 bridgehead atoms. The van der Waals surface area contributed by atoms with Gasteiger partial charge in [-0.05, 0) is 85.3 Å². The summed E-state index contributed by atoms with van der Waals surface area (Å²) < 4.78 is 41.0. The number of fused-ring (bicyclic) bond motifs is 1. The van der Waals surface area contributed by atoms with Crippen LogP contribution in [-0.2, 0) is 16.4 Å². The van der Waals surface area contributed by atoms with E-state index in [0.29, 0.717) is 17.8 Å². The summed E-state index contributed by atoms with van der Waals surface area (Å²) in [6.07, 6.45) is 0.845. The third kappa shape index (κ3) is 3.85. The monoisotopic (exact) mass is 444 g/mol. The van der Waals surface area contributed by atoms with E-state index in [4.69, 9.17) is 0 Å². The van der Waals surface area contributed by atoms with Gasteiger partial charge >= 0.3 is 0 Å². The normalized spacial score (nSPS) is 16.2. The molecule has 0 saturated carbocycles. The number of rotatable bonds is 4. The van der Waals surface area contributed by atoms with E-state index in [1.807, 2.05) is 11.8 Å². The van der Waals surface area contributed by atoms with E-state index < -0.39 is 15.8 Å². The van der Waals surface area contributed by atoms with Crippen LogP contribution in [0.1, 0.15) is 39.3 Å². The first-order chi connectivity index (χ1) is 14.3. The molecule has 1 atom stereocenters. The summed E-state index contributed by atoms with van der Waals surface area (Å²) in [5.74, 6) is -0.541. The van der Waals surface area contributed by atoms with Crippen LogP contribution in [0.2, 0.25) is 0 Å². The lowest BCUT2D eigenvalue weighted by Gasteiger charge is -2.33. The van der Waals surface area contributed by atoms with Crippen LogP contribution in [0, 0.1) is 12.7 Å². The number of aryl methyl sites for hydroxylation is 1. The number of thiophene rings is 1. The summed E-state index contributed by atoms with van der Waals surface area (Å²) in [4.78, 5) is 16.1. The van der Waals surface area contributed by atoms with Gasteiger partial charge in [-0.15, -0.1) is 11.3 Å². The van der Waals surface area contributed by atoms with Crippen LogP contribution in [-0.4, -0.2) is 25.8 Å². The molecule has 0 spiro atoms. The molecule has 0 radical (unpaired) electrons. The van der Waals surface area contributed by atoms with Crippen LogP contribution in [0.5, 0.6) is 0 Å². The minimum Gasteiger partial charge on any atom is -0.331 e. The molecule has 3 aromatic rings. The van der Waals surface area contributed by atoms with E-state index in [2.05, 4.69) is 16.2 Å². The quantitative estimate of drug-likeness (QED) is 0.631. The molecule has 5 nitrogen and oxygen atoms in total. The van der Waals surface area contributed by atoms with Crippen LogP contribution >= 0.6 is 11.3 Å². The predicted octanol–water partition coefficient (Wildman–Crippen LogP) is 4.76. The highest BCUT2D eigenvalue weighted by Crippen LogP contribution is 2.33. The molecule has 2 heterocycles. The van der Waals surface area contributed by atoms with E-state index in [-0.39, 0.29) is 22.4 Å². The van der Waals surface area contributed by atoms with Gasteiger partial charge in [0.1, 0.15) is 5.82 Å². The number of nitrogens with one attached hydrogen (secondary N) is 1. The molecule has 8 heteroatoms. The molecule has 30 heavy (non-hydrogen) atoms. The van der Waals surface area contributed by atoms with Crippen LogP contribution in [0.3, 0.4) is 0 Å². The average Bonchev–Trinajstić information content (AvgIpc) is 3.20. The van der Waals surface area contributed by atoms with Gasteiger partial charge in [0.25, 0.3) is 15.9 Å². The summed E-state index contributed by atoms with van der Waals surface area (Å²) in [7, 11) is -3.85. The zero-order chi connectivity index (χ0) is 21.5. The van der Waals surface area contributed by atoms with Crippen molar-refractivity contribution in [2.75, 3.05) is 11.3 Å². The third-order valence-corrected chi connectivity index (χ3v) is 7.74. The highest BCUT2D eigenvalue weighted by molar-refractivity contribution is 7.92. The number of nitrogens with zero attached hydrogens (tertiary/aromatic N) is 1. The van der Waals surface area contributed by atoms with E-state index >= 15 is 0 Å². The highest BCUT2D eigenvalue weighted by atomic mass is 32.2. The first-order valence-electron chi connectivity index (χ1n) is 9.52. The van der Waals surface area contributed by atoms with Crippen molar-refractivity contribution in [2.45, 2.75) is 31.2 Å². The van der Waals surface area contributed by atoms with Crippen molar-refractivity contribution >= 4 is 33.0 Å². The number of carbonyl (C=O) groups is 1. The highest BCUT2D eigenvalue weighted by Gasteiger charge is 2.29. The minimum atomic E-state index is -3.85. The van der Waals surface area contributed by atoms with E-state index in [1.54, 1.807) is 35.6 Å². The Kier molecular flexibility index (Phi) is 5.38. The molecule has 156 valence electrons. The second-order valence-electron chi connectivity index (χ2n) is 7.32. The minimum absolute atomic E-state index is 0.00685. The van der Waals surface area contributed by atoms with Gasteiger partial charge in [-0.25, -0.2) is 12.8 Å². The van der Waals surface area contributed by atoms with Crippen molar-refractivity contribution in [1.82, 2.24) is 4.90 Å². The Hall–Kier alpha value is -2.71. The molecule has 4 rings (SSSR count).